The van der Waals surface area contributed by atoms with Crippen molar-refractivity contribution in [1.29, 1.82) is 0 Å². The summed E-state index contributed by atoms with van der Waals surface area (Å²) < 4.78 is 1.21. The summed E-state index contributed by atoms with van der Waals surface area (Å²) in [6.07, 6.45) is 3.85. The van der Waals surface area contributed by atoms with Crippen molar-refractivity contribution in [3.05, 3.63) is 34.3 Å². The van der Waals surface area contributed by atoms with Crippen LogP contribution in [-0.4, -0.2) is 30.1 Å². The Kier molecular flexibility index (Phi) is 6.06. The average Bonchev–Trinajstić information content (AvgIpc) is 2.65. The van der Waals surface area contributed by atoms with Crippen LogP contribution in [-0.2, 0) is 0 Å². The minimum atomic E-state index is 0.404. The Morgan fingerprint density at radius 3 is 2.60 bits per heavy atom. The predicted octanol–water partition coefficient (Wildman–Crippen LogP) is 4.36. The molecule has 0 amide bonds. The van der Waals surface area contributed by atoms with Crippen LogP contribution in [0.4, 0.5) is 0 Å². The van der Waals surface area contributed by atoms with Crippen molar-refractivity contribution in [2.24, 2.45) is 0 Å². The first kappa shape index (κ1) is 16.0. The summed E-state index contributed by atoms with van der Waals surface area (Å²) in [6.45, 7) is 9.34. The molecule has 0 spiro atoms. The summed E-state index contributed by atoms with van der Waals surface area (Å²) >= 11 is 3.66. The molecular weight excluding hydrogens is 312 g/mol. The third-order valence-corrected chi connectivity index (χ3v) is 5.07. The second kappa shape index (κ2) is 7.58. The smallest absolute Gasteiger partial charge is 0.0305 e. The highest BCUT2D eigenvalue weighted by Gasteiger charge is 2.20. The maximum atomic E-state index is 3.82. The van der Waals surface area contributed by atoms with E-state index in [1.165, 1.54) is 42.4 Å². The SMILES string of the molecule is CC(C)N1CCCC(N[C@@H](C)c2ccccc2Br)CC1. The lowest BCUT2D eigenvalue weighted by Crippen LogP contribution is -2.35. The van der Waals surface area contributed by atoms with E-state index < -0.39 is 0 Å². The Labute approximate surface area is 132 Å². The van der Waals surface area contributed by atoms with Crippen molar-refractivity contribution in [2.75, 3.05) is 13.1 Å². The van der Waals surface area contributed by atoms with E-state index in [0.29, 0.717) is 18.1 Å². The summed E-state index contributed by atoms with van der Waals surface area (Å²) in [7, 11) is 0. The van der Waals surface area contributed by atoms with Crippen LogP contribution >= 0.6 is 15.9 Å². The molecule has 0 saturated carbocycles. The Bertz CT molecular complexity index is 419. The van der Waals surface area contributed by atoms with Gasteiger partial charge in [0.15, 0.2) is 0 Å². The lowest BCUT2D eigenvalue weighted by molar-refractivity contribution is 0.228. The molecule has 1 N–H and O–H groups in total. The van der Waals surface area contributed by atoms with Gasteiger partial charge in [-0.15, -0.1) is 0 Å². The van der Waals surface area contributed by atoms with Gasteiger partial charge in [0, 0.05) is 22.6 Å². The molecule has 1 unspecified atom stereocenters. The summed E-state index contributed by atoms with van der Waals surface area (Å²) in [5, 5.41) is 3.82. The average molecular weight is 339 g/mol. The van der Waals surface area contributed by atoms with Crippen LogP contribution in [0.5, 0.6) is 0 Å². The minimum absolute atomic E-state index is 0.404. The number of benzene rings is 1. The quantitative estimate of drug-likeness (QED) is 0.877. The van der Waals surface area contributed by atoms with Gasteiger partial charge in [0.2, 0.25) is 0 Å². The molecule has 1 aromatic carbocycles. The Hall–Kier alpha value is -0.380. The van der Waals surface area contributed by atoms with Gasteiger partial charge in [-0.05, 0) is 64.8 Å². The topological polar surface area (TPSA) is 15.3 Å². The van der Waals surface area contributed by atoms with Crippen LogP contribution in [0, 0.1) is 0 Å². The maximum absolute atomic E-state index is 3.82. The van der Waals surface area contributed by atoms with E-state index in [9.17, 15) is 0 Å². The molecule has 1 aliphatic rings. The van der Waals surface area contributed by atoms with Crippen LogP contribution in [0.3, 0.4) is 0 Å². The van der Waals surface area contributed by atoms with Crippen molar-refractivity contribution in [1.82, 2.24) is 10.2 Å². The summed E-state index contributed by atoms with van der Waals surface area (Å²) in [4.78, 5) is 2.60. The maximum Gasteiger partial charge on any atom is 0.0305 e. The third-order valence-electron chi connectivity index (χ3n) is 4.35. The van der Waals surface area contributed by atoms with E-state index in [2.05, 4.69) is 71.2 Å². The van der Waals surface area contributed by atoms with Gasteiger partial charge < -0.3 is 10.2 Å². The van der Waals surface area contributed by atoms with Crippen LogP contribution < -0.4 is 5.32 Å². The molecule has 2 rings (SSSR count). The summed E-state index contributed by atoms with van der Waals surface area (Å²) in [6, 6.07) is 10.2. The highest BCUT2D eigenvalue weighted by atomic mass is 79.9. The van der Waals surface area contributed by atoms with E-state index in [1.807, 2.05) is 0 Å². The Balaban J connectivity index is 1.92. The number of likely N-dealkylation sites (tertiary alicyclic amines) is 1. The van der Waals surface area contributed by atoms with Gasteiger partial charge in [0.05, 0.1) is 0 Å². The number of halogens is 1. The zero-order valence-corrected chi connectivity index (χ0v) is 14.5. The number of nitrogens with one attached hydrogen (secondary N) is 1. The number of hydrogen-bond donors (Lipinski definition) is 1. The van der Waals surface area contributed by atoms with Crippen molar-refractivity contribution >= 4 is 15.9 Å². The molecule has 0 aromatic heterocycles. The summed E-state index contributed by atoms with van der Waals surface area (Å²) in [5.41, 5.74) is 1.36. The molecule has 0 radical (unpaired) electrons. The molecule has 0 aliphatic carbocycles. The summed E-state index contributed by atoms with van der Waals surface area (Å²) in [5.74, 6) is 0. The Morgan fingerprint density at radius 2 is 1.90 bits per heavy atom. The first-order valence-corrected chi connectivity index (χ1v) is 8.61. The molecule has 20 heavy (non-hydrogen) atoms. The van der Waals surface area contributed by atoms with Crippen molar-refractivity contribution in [2.45, 2.75) is 58.2 Å². The monoisotopic (exact) mass is 338 g/mol. The zero-order chi connectivity index (χ0) is 14.5. The largest absolute Gasteiger partial charge is 0.307 e. The van der Waals surface area contributed by atoms with Crippen LogP contribution in [0.1, 0.15) is 51.6 Å². The Morgan fingerprint density at radius 1 is 1.15 bits per heavy atom. The van der Waals surface area contributed by atoms with Crippen LogP contribution in [0.25, 0.3) is 0 Å². The number of hydrogen-bond acceptors (Lipinski definition) is 2. The predicted molar refractivity (Wildman–Crippen MR) is 90.0 cm³/mol. The number of rotatable bonds is 4. The molecule has 112 valence electrons. The fourth-order valence-electron chi connectivity index (χ4n) is 3.07. The minimum Gasteiger partial charge on any atom is -0.307 e. The third kappa shape index (κ3) is 4.31. The van der Waals surface area contributed by atoms with Gasteiger partial charge in [0.25, 0.3) is 0 Å². The standard InChI is InChI=1S/C17H27BrN2/c1-13(2)20-11-6-7-15(10-12-20)19-14(3)16-8-4-5-9-17(16)18/h4-5,8-9,13-15,19H,6-7,10-12H2,1-3H3/t14-,15?/m0/s1. The van der Waals surface area contributed by atoms with E-state index in [4.69, 9.17) is 0 Å². The zero-order valence-electron chi connectivity index (χ0n) is 12.9. The van der Waals surface area contributed by atoms with E-state index in [-0.39, 0.29) is 0 Å². The van der Waals surface area contributed by atoms with Gasteiger partial charge in [-0.1, -0.05) is 34.1 Å². The van der Waals surface area contributed by atoms with E-state index in [0.717, 1.165) is 0 Å². The highest BCUT2D eigenvalue weighted by Crippen LogP contribution is 2.24. The molecule has 1 aliphatic heterocycles. The molecule has 1 fully saturated rings. The van der Waals surface area contributed by atoms with Crippen molar-refractivity contribution in [3.8, 4) is 0 Å². The van der Waals surface area contributed by atoms with Crippen molar-refractivity contribution < 1.29 is 0 Å². The molecule has 1 saturated heterocycles. The van der Waals surface area contributed by atoms with Crippen LogP contribution in [0.2, 0.25) is 0 Å². The second-order valence-electron chi connectivity index (χ2n) is 6.17. The lowest BCUT2D eigenvalue weighted by Gasteiger charge is -2.25. The molecule has 2 nitrogen and oxygen atoms in total. The fourth-order valence-corrected chi connectivity index (χ4v) is 3.70. The van der Waals surface area contributed by atoms with Gasteiger partial charge in [0.1, 0.15) is 0 Å². The first-order valence-electron chi connectivity index (χ1n) is 7.82. The van der Waals surface area contributed by atoms with Gasteiger partial charge in [-0.2, -0.15) is 0 Å². The molecule has 2 atom stereocenters. The molecule has 3 heteroatoms. The lowest BCUT2D eigenvalue weighted by atomic mass is 10.0. The van der Waals surface area contributed by atoms with Gasteiger partial charge >= 0.3 is 0 Å². The first-order chi connectivity index (χ1) is 9.58. The molecule has 0 bridgehead atoms. The molecule has 1 heterocycles. The van der Waals surface area contributed by atoms with Gasteiger partial charge in [-0.3, -0.25) is 0 Å². The molecule has 1 aromatic rings. The number of nitrogens with zero attached hydrogens (tertiary/aromatic N) is 1. The van der Waals surface area contributed by atoms with E-state index >= 15 is 0 Å². The van der Waals surface area contributed by atoms with Gasteiger partial charge in [-0.25, -0.2) is 0 Å². The van der Waals surface area contributed by atoms with Crippen molar-refractivity contribution in [3.63, 3.8) is 0 Å². The highest BCUT2D eigenvalue weighted by molar-refractivity contribution is 9.10. The molecular formula is C17H27BrN2. The van der Waals surface area contributed by atoms with Crippen LogP contribution in [0.15, 0.2) is 28.7 Å². The second-order valence-corrected chi connectivity index (χ2v) is 7.02. The van der Waals surface area contributed by atoms with E-state index in [1.54, 1.807) is 0 Å². The fraction of sp³-hybridized carbons (Fsp3) is 0.647. The normalized spacial score (nSPS) is 22.8.